The van der Waals surface area contributed by atoms with E-state index in [2.05, 4.69) is 5.16 Å². The minimum Gasteiger partial charge on any atom is -0.395 e. The average molecular weight is 199 g/mol. The summed E-state index contributed by atoms with van der Waals surface area (Å²) < 4.78 is 11.3. The van der Waals surface area contributed by atoms with Crippen LogP contribution in [0.2, 0.25) is 0 Å². The highest BCUT2D eigenvalue weighted by Gasteiger charge is 2.58. The van der Waals surface area contributed by atoms with Gasteiger partial charge in [-0.25, -0.2) is 0 Å². The van der Waals surface area contributed by atoms with E-state index in [0.717, 1.165) is 5.71 Å². The molecule has 2 heterocycles. The Balaban J connectivity index is 1.93. The third-order valence-electron chi connectivity index (χ3n) is 2.97. The van der Waals surface area contributed by atoms with Gasteiger partial charge in [0.1, 0.15) is 18.8 Å². The van der Waals surface area contributed by atoms with E-state index < -0.39 is 11.9 Å². The Hall–Kier alpha value is -0.650. The Labute approximate surface area is 81.6 Å². The normalized spacial score (nSPS) is 48.4. The van der Waals surface area contributed by atoms with Crippen molar-refractivity contribution in [3.8, 4) is 0 Å². The number of oxime groups is 1. The quantitative estimate of drug-likeness (QED) is 0.591. The van der Waals surface area contributed by atoms with Crippen LogP contribution in [0.15, 0.2) is 5.16 Å². The molecule has 0 aromatic carbocycles. The summed E-state index contributed by atoms with van der Waals surface area (Å²) in [6.07, 6.45) is -1.06. The van der Waals surface area contributed by atoms with E-state index in [9.17, 15) is 5.11 Å². The van der Waals surface area contributed by atoms with E-state index in [1.807, 2.05) is 13.8 Å². The Morgan fingerprint density at radius 2 is 2.21 bits per heavy atom. The number of rotatable bonds is 0. The van der Waals surface area contributed by atoms with Crippen molar-refractivity contribution in [2.75, 3.05) is 6.61 Å². The van der Waals surface area contributed by atoms with E-state index in [1.165, 1.54) is 0 Å². The lowest BCUT2D eigenvalue weighted by molar-refractivity contribution is -0.158. The van der Waals surface area contributed by atoms with Crippen LogP contribution in [0.5, 0.6) is 0 Å². The number of aliphatic hydroxyl groups excluding tert-OH is 1. The Kier molecular flexibility index (Phi) is 1.53. The molecule has 0 unspecified atom stereocenters. The third kappa shape index (κ3) is 0.973. The summed E-state index contributed by atoms with van der Waals surface area (Å²) >= 11 is 0. The summed E-state index contributed by atoms with van der Waals surface area (Å²) in [7, 11) is 0. The van der Waals surface area contributed by atoms with Gasteiger partial charge < -0.3 is 19.4 Å². The Morgan fingerprint density at radius 3 is 3.00 bits per heavy atom. The molecule has 0 spiro atoms. The van der Waals surface area contributed by atoms with Gasteiger partial charge in [-0.3, -0.25) is 0 Å². The number of hydrogen-bond donors (Lipinski definition) is 1. The average Bonchev–Trinajstić information content (AvgIpc) is 2.70. The molecule has 2 fully saturated rings. The molecule has 1 saturated carbocycles. The number of nitrogens with zero attached hydrogens (tertiary/aromatic N) is 1. The van der Waals surface area contributed by atoms with Crippen LogP contribution in [0.4, 0.5) is 0 Å². The monoisotopic (exact) mass is 199 g/mol. The van der Waals surface area contributed by atoms with Crippen molar-refractivity contribution in [3.05, 3.63) is 0 Å². The highest BCUT2D eigenvalue weighted by molar-refractivity contribution is 5.95. The van der Waals surface area contributed by atoms with Crippen molar-refractivity contribution in [1.29, 1.82) is 0 Å². The van der Waals surface area contributed by atoms with Crippen molar-refractivity contribution in [3.63, 3.8) is 0 Å². The molecule has 1 saturated heterocycles. The second-order valence-corrected chi connectivity index (χ2v) is 4.43. The Bertz CT molecular complexity index is 301. The van der Waals surface area contributed by atoms with Crippen molar-refractivity contribution in [2.24, 2.45) is 11.1 Å². The maximum absolute atomic E-state index is 9.94. The maximum Gasteiger partial charge on any atom is 0.164 e. The summed E-state index contributed by atoms with van der Waals surface area (Å²) in [5.41, 5.74) is 0.799. The first-order chi connectivity index (χ1) is 6.58. The molecule has 0 aromatic heterocycles. The van der Waals surface area contributed by atoms with Crippen LogP contribution in [0.1, 0.15) is 13.8 Å². The van der Waals surface area contributed by atoms with E-state index in [4.69, 9.17) is 14.3 Å². The lowest BCUT2D eigenvalue weighted by Gasteiger charge is -2.21. The van der Waals surface area contributed by atoms with Crippen molar-refractivity contribution in [2.45, 2.75) is 37.9 Å². The topological polar surface area (TPSA) is 60.3 Å². The Morgan fingerprint density at radius 1 is 1.43 bits per heavy atom. The molecule has 3 rings (SSSR count). The predicted molar refractivity (Wildman–Crippen MR) is 46.7 cm³/mol. The molecule has 0 bridgehead atoms. The molecule has 0 amide bonds. The van der Waals surface area contributed by atoms with E-state index in [1.54, 1.807) is 0 Å². The molecule has 4 atom stereocenters. The number of aliphatic hydroxyl groups is 1. The molecule has 1 N–H and O–H groups in total. The van der Waals surface area contributed by atoms with Crippen molar-refractivity contribution < 1.29 is 19.4 Å². The van der Waals surface area contributed by atoms with Gasteiger partial charge in [0, 0.05) is 0 Å². The summed E-state index contributed by atoms with van der Waals surface area (Å²) in [4.78, 5) is 4.95. The first-order valence-corrected chi connectivity index (χ1v) is 4.82. The molecule has 5 heteroatoms. The first-order valence-electron chi connectivity index (χ1n) is 4.82. The highest BCUT2D eigenvalue weighted by Crippen LogP contribution is 2.41. The largest absolute Gasteiger partial charge is 0.395 e. The van der Waals surface area contributed by atoms with Gasteiger partial charge in [-0.2, -0.15) is 0 Å². The molecular formula is C9H13NO4. The zero-order valence-corrected chi connectivity index (χ0v) is 8.14. The smallest absolute Gasteiger partial charge is 0.164 e. The van der Waals surface area contributed by atoms with E-state index in [0.29, 0.717) is 6.61 Å². The predicted octanol–water partition coefficient (Wildman–Crippen LogP) is -0.117. The first kappa shape index (κ1) is 8.64. The molecule has 1 aliphatic carbocycles. The second kappa shape index (κ2) is 2.48. The van der Waals surface area contributed by atoms with Crippen LogP contribution in [0, 0.1) is 5.92 Å². The summed E-state index contributed by atoms with van der Waals surface area (Å²) in [6, 6.07) is 0. The molecule has 2 aliphatic heterocycles. The molecule has 3 aliphatic rings. The molecule has 5 nitrogen and oxygen atoms in total. The molecular weight excluding hydrogens is 186 g/mol. The second-order valence-electron chi connectivity index (χ2n) is 4.43. The number of hydrogen-bond acceptors (Lipinski definition) is 5. The standard InChI is InChI=1S/C9H13NO4/c1-9(2)13-7-5-4(3-12-10-5)6(11)8(7)14-9/h4,6-8,11H,3H2,1-2H3/t4-,6+,7-,8+/m1/s1. The third-order valence-corrected chi connectivity index (χ3v) is 2.97. The van der Waals surface area contributed by atoms with Gasteiger partial charge in [0.2, 0.25) is 0 Å². The molecule has 78 valence electrons. The van der Waals surface area contributed by atoms with Crippen LogP contribution in [0.3, 0.4) is 0 Å². The summed E-state index contributed by atoms with van der Waals surface area (Å²) in [6.45, 7) is 4.11. The van der Waals surface area contributed by atoms with Gasteiger partial charge in [-0.15, -0.1) is 0 Å². The lowest BCUT2D eigenvalue weighted by Crippen LogP contribution is -2.33. The molecule has 0 aromatic rings. The van der Waals surface area contributed by atoms with Gasteiger partial charge in [0.15, 0.2) is 5.79 Å². The fourth-order valence-electron chi connectivity index (χ4n) is 2.38. The summed E-state index contributed by atoms with van der Waals surface area (Å²) in [5.74, 6) is -0.673. The van der Waals surface area contributed by atoms with Crippen LogP contribution in [-0.4, -0.2) is 41.5 Å². The van der Waals surface area contributed by atoms with Gasteiger partial charge in [-0.1, -0.05) is 5.16 Å². The van der Waals surface area contributed by atoms with Crippen LogP contribution in [-0.2, 0) is 14.3 Å². The molecule has 0 radical (unpaired) electrons. The maximum atomic E-state index is 9.94. The highest BCUT2D eigenvalue weighted by atomic mass is 16.8. The van der Waals surface area contributed by atoms with E-state index in [-0.39, 0.29) is 18.1 Å². The zero-order chi connectivity index (χ0) is 9.92. The fourth-order valence-corrected chi connectivity index (χ4v) is 2.38. The van der Waals surface area contributed by atoms with Gasteiger partial charge >= 0.3 is 0 Å². The van der Waals surface area contributed by atoms with Gasteiger partial charge in [0.25, 0.3) is 0 Å². The van der Waals surface area contributed by atoms with Gasteiger partial charge in [-0.05, 0) is 13.8 Å². The zero-order valence-electron chi connectivity index (χ0n) is 8.14. The number of ether oxygens (including phenoxy) is 2. The van der Waals surface area contributed by atoms with Crippen molar-refractivity contribution >= 4 is 5.71 Å². The van der Waals surface area contributed by atoms with Crippen LogP contribution >= 0.6 is 0 Å². The minimum atomic E-state index is -0.633. The fraction of sp³-hybridized carbons (Fsp3) is 0.889. The SMILES string of the molecule is CC1(C)O[C@H]2[C@@H](O)[C@@H]3CON=C3[C@H]2O1. The van der Waals surface area contributed by atoms with Crippen LogP contribution < -0.4 is 0 Å². The molecule has 14 heavy (non-hydrogen) atoms. The minimum absolute atomic E-state index is 0.0406. The van der Waals surface area contributed by atoms with Crippen molar-refractivity contribution in [1.82, 2.24) is 0 Å². The van der Waals surface area contributed by atoms with Crippen LogP contribution in [0.25, 0.3) is 0 Å². The van der Waals surface area contributed by atoms with E-state index >= 15 is 0 Å². The van der Waals surface area contributed by atoms with Gasteiger partial charge in [0.05, 0.1) is 17.7 Å². The summed E-state index contributed by atoms with van der Waals surface area (Å²) in [5, 5.41) is 13.8. The lowest BCUT2D eigenvalue weighted by atomic mass is 10.1. The number of fused-ring (bicyclic) bond motifs is 3.